The van der Waals surface area contributed by atoms with Crippen molar-refractivity contribution in [3.05, 3.63) is 59.7 Å². The van der Waals surface area contributed by atoms with Gasteiger partial charge in [-0.25, -0.2) is 0 Å². The Hall–Kier alpha value is -2.04. The van der Waals surface area contributed by atoms with Crippen molar-refractivity contribution in [2.75, 3.05) is 0 Å². The normalized spacial score (nSPS) is 11.5. The molecule has 0 saturated carbocycles. The van der Waals surface area contributed by atoms with Gasteiger partial charge in [0.05, 0.1) is 0 Å². The maximum absolute atomic E-state index is 12.1. The second kappa shape index (κ2) is 9.18. The molecule has 5 N–H and O–H groups in total. The summed E-state index contributed by atoms with van der Waals surface area (Å²) < 4.78 is 0. The lowest BCUT2D eigenvalue weighted by atomic mass is 9.98. The minimum absolute atomic E-state index is 0. The van der Waals surface area contributed by atoms with Crippen LogP contribution in [0.5, 0.6) is 11.5 Å². The van der Waals surface area contributed by atoms with Crippen LogP contribution in [-0.4, -0.2) is 22.0 Å². The number of rotatable bonds is 7. The number of aryl methyl sites for hydroxylation is 1. The van der Waals surface area contributed by atoms with Crippen LogP contribution < -0.4 is 5.73 Å². The zero-order chi connectivity index (χ0) is 15.9. The predicted molar refractivity (Wildman–Crippen MR) is 91.8 cm³/mol. The fraction of sp³-hybridized carbons (Fsp3) is 0.278. The molecule has 0 bridgehead atoms. The molecule has 0 fully saturated rings. The van der Waals surface area contributed by atoms with Crippen molar-refractivity contribution >= 4 is 18.2 Å². The van der Waals surface area contributed by atoms with Gasteiger partial charge in [-0.2, -0.15) is 0 Å². The van der Waals surface area contributed by atoms with Crippen molar-refractivity contribution in [2.24, 2.45) is 0 Å². The highest BCUT2D eigenvalue weighted by molar-refractivity contribution is 5.85. The van der Waals surface area contributed by atoms with Crippen molar-refractivity contribution in [3.8, 4) is 11.5 Å². The van der Waals surface area contributed by atoms with E-state index >= 15 is 0 Å². The molecule has 0 aliphatic rings. The van der Waals surface area contributed by atoms with E-state index in [1.54, 1.807) is 24.3 Å². The van der Waals surface area contributed by atoms with Crippen molar-refractivity contribution in [1.82, 2.24) is 0 Å². The molecule has 0 radical (unpaired) electrons. The van der Waals surface area contributed by atoms with Crippen LogP contribution in [0.1, 0.15) is 24.0 Å². The summed E-state index contributed by atoms with van der Waals surface area (Å²) >= 11 is 0. The summed E-state index contributed by atoms with van der Waals surface area (Å²) in [7, 11) is 0. The van der Waals surface area contributed by atoms with E-state index in [9.17, 15) is 15.0 Å². The van der Waals surface area contributed by atoms with Crippen molar-refractivity contribution in [2.45, 2.75) is 31.7 Å². The van der Waals surface area contributed by atoms with Gasteiger partial charge < -0.3 is 15.9 Å². The Kier molecular flexibility index (Phi) is 7.59. The summed E-state index contributed by atoms with van der Waals surface area (Å²) in [5.74, 6) is 0.642. The number of hydrogen-bond donors (Lipinski definition) is 3. The lowest BCUT2D eigenvalue weighted by Crippen LogP contribution is -2.65. The molecule has 2 aromatic rings. The molecule has 0 aromatic heterocycles. The SMILES string of the molecule is Cl.[NH3+][C@@H](Cc1ccc(O)cc1)C(=O)CCCc1ccc(O)cc1. The summed E-state index contributed by atoms with van der Waals surface area (Å²) in [6.07, 6.45) is 2.70. The van der Waals surface area contributed by atoms with Gasteiger partial charge in [-0.1, -0.05) is 24.3 Å². The van der Waals surface area contributed by atoms with Crippen LogP contribution in [0.3, 0.4) is 0 Å². The van der Waals surface area contributed by atoms with Gasteiger partial charge in [-0.05, 0) is 48.2 Å². The highest BCUT2D eigenvalue weighted by atomic mass is 35.5. The molecule has 4 nitrogen and oxygen atoms in total. The molecule has 0 spiro atoms. The van der Waals surface area contributed by atoms with E-state index in [1.807, 2.05) is 24.3 Å². The molecule has 124 valence electrons. The molecule has 2 rings (SSSR count). The number of carbonyl (C=O) groups excluding carboxylic acids is 1. The summed E-state index contributed by atoms with van der Waals surface area (Å²) in [5.41, 5.74) is 6.07. The lowest BCUT2D eigenvalue weighted by molar-refractivity contribution is -0.402. The molecule has 0 saturated heterocycles. The Morgan fingerprint density at radius 3 is 1.91 bits per heavy atom. The van der Waals surface area contributed by atoms with Gasteiger partial charge in [-0.3, -0.25) is 4.79 Å². The van der Waals surface area contributed by atoms with Gasteiger partial charge in [0.15, 0.2) is 5.78 Å². The topological polar surface area (TPSA) is 85.2 Å². The molecule has 0 aliphatic heterocycles. The maximum Gasteiger partial charge on any atom is 0.190 e. The van der Waals surface area contributed by atoms with Crippen molar-refractivity contribution < 1.29 is 20.7 Å². The van der Waals surface area contributed by atoms with E-state index in [2.05, 4.69) is 5.73 Å². The first-order chi connectivity index (χ1) is 10.5. The number of halogens is 1. The third-order valence-electron chi connectivity index (χ3n) is 3.70. The van der Waals surface area contributed by atoms with Crippen LogP contribution in [0.2, 0.25) is 0 Å². The number of quaternary nitrogens is 1. The lowest BCUT2D eigenvalue weighted by Gasteiger charge is -2.08. The first kappa shape index (κ1) is 19.0. The number of aromatic hydroxyl groups is 2. The van der Waals surface area contributed by atoms with Crippen LogP contribution in [0.15, 0.2) is 48.5 Å². The summed E-state index contributed by atoms with van der Waals surface area (Å²) in [4.78, 5) is 12.1. The standard InChI is InChI=1S/C18H21NO3.ClH/c19-17(12-14-6-10-16(21)11-7-14)18(22)3-1-2-13-4-8-15(20)9-5-13;/h4-11,17,20-21H,1-3,12,19H2;1H/p+1/t17-;/m0./s1. The number of phenols is 2. The van der Waals surface area contributed by atoms with Gasteiger partial charge in [0.2, 0.25) is 0 Å². The first-order valence-corrected chi connectivity index (χ1v) is 7.46. The van der Waals surface area contributed by atoms with Crippen LogP contribution in [0.4, 0.5) is 0 Å². The van der Waals surface area contributed by atoms with E-state index in [1.165, 1.54) is 0 Å². The smallest absolute Gasteiger partial charge is 0.190 e. The largest absolute Gasteiger partial charge is 0.508 e. The average Bonchev–Trinajstić information content (AvgIpc) is 2.51. The van der Waals surface area contributed by atoms with Gasteiger partial charge in [0, 0.05) is 12.8 Å². The number of phenolic OH excluding ortho intramolecular Hbond substituents is 2. The monoisotopic (exact) mass is 336 g/mol. The molecule has 0 aliphatic carbocycles. The van der Waals surface area contributed by atoms with E-state index in [-0.39, 0.29) is 35.7 Å². The molecule has 1 atom stereocenters. The minimum atomic E-state index is -0.260. The molecular weight excluding hydrogens is 314 g/mol. The Morgan fingerprint density at radius 1 is 0.913 bits per heavy atom. The third kappa shape index (κ3) is 6.30. The predicted octanol–water partition coefficient (Wildman–Crippen LogP) is 2.26. The first-order valence-electron chi connectivity index (χ1n) is 7.46. The van der Waals surface area contributed by atoms with E-state index in [0.717, 1.165) is 24.0 Å². The molecule has 23 heavy (non-hydrogen) atoms. The third-order valence-corrected chi connectivity index (χ3v) is 3.70. The van der Waals surface area contributed by atoms with E-state index in [4.69, 9.17) is 0 Å². The van der Waals surface area contributed by atoms with Gasteiger partial charge in [0.25, 0.3) is 0 Å². The highest BCUT2D eigenvalue weighted by Crippen LogP contribution is 2.13. The molecule has 0 amide bonds. The van der Waals surface area contributed by atoms with Crippen LogP contribution in [0, 0.1) is 0 Å². The van der Waals surface area contributed by atoms with Gasteiger partial charge >= 0.3 is 0 Å². The Morgan fingerprint density at radius 2 is 1.39 bits per heavy atom. The average molecular weight is 337 g/mol. The molecular formula is C18H23ClNO3+. The molecule has 2 aromatic carbocycles. The minimum Gasteiger partial charge on any atom is -0.508 e. The maximum atomic E-state index is 12.1. The summed E-state index contributed by atoms with van der Waals surface area (Å²) in [6.45, 7) is 0. The van der Waals surface area contributed by atoms with Gasteiger partial charge in [0.1, 0.15) is 17.5 Å². The zero-order valence-corrected chi connectivity index (χ0v) is 13.8. The summed E-state index contributed by atoms with van der Waals surface area (Å²) in [5, 5.41) is 18.5. The van der Waals surface area contributed by atoms with Crippen molar-refractivity contribution in [3.63, 3.8) is 0 Å². The van der Waals surface area contributed by atoms with E-state index in [0.29, 0.717) is 12.8 Å². The quantitative estimate of drug-likeness (QED) is 0.725. The number of hydrogen-bond acceptors (Lipinski definition) is 3. The fourth-order valence-corrected chi connectivity index (χ4v) is 2.36. The van der Waals surface area contributed by atoms with Crippen LogP contribution in [0.25, 0.3) is 0 Å². The van der Waals surface area contributed by atoms with Crippen LogP contribution >= 0.6 is 12.4 Å². The van der Waals surface area contributed by atoms with Crippen LogP contribution in [-0.2, 0) is 17.6 Å². The Bertz CT molecular complexity index is 611. The Labute approximate surface area is 142 Å². The molecule has 5 heteroatoms. The highest BCUT2D eigenvalue weighted by Gasteiger charge is 2.17. The Balaban J connectivity index is 0.00000264. The zero-order valence-electron chi connectivity index (χ0n) is 12.9. The molecule has 0 heterocycles. The number of carbonyl (C=O) groups is 1. The summed E-state index contributed by atoms with van der Waals surface area (Å²) in [6, 6.07) is 13.7. The van der Waals surface area contributed by atoms with E-state index < -0.39 is 0 Å². The second-order valence-corrected chi connectivity index (χ2v) is 5.55. The fourth-order valence-electron chi connectivity index (χ4n) is 2.36. The number of Topliss-reactive ketones (excluding diaryl/α,β-unsaturated/α-hetero) is 1. The second-order valence-electron chi connectivity index (χ2n) is 5.55. The van der Waals surface area contributed by atoms with Gasteiger partial charge in [-0.15, -0.1) is 12.4 Å². The van der Waals surface area contributed by atoms with Crippen molar-refractivity contribution in [1.29, 1.82) is 0 Å². The number of benzene rings is 2. The molecule has 0 unspecified atom stereocenters. The number of ketones is 1.